The van der Waals surface area contributed by atoms with Crippen LogP contribution in [0.3, 0.4) is 0 Å². The lowest BCUT2D eigenvalue weighted by Gasteiger charge is -2.07. The average Bonchev–Trinajstić information content (AvgIpc) is 2.90. The zero-order valence-corrected chi connectivity index (χ0v) is 10.8. The highest BCUT2D eigenvalue weighted by Crippen LogP contribution is 2.14. The molecule has 19 heavy (non-hydrogen) atoms. The van der Waals surface area contributed by atoms with Crippen molar-refractivity contribution in [2.75, 3.05) is 0 Å². The molecule has 2 aromatic heterocycles. The number of aromatic amines is 1. The van der Waals surface area contributed by atoms with Gasteiger partial charge in [0.25, 0.3) is 0 Å². The van der Waals surface area contributed by atoms with Gasteiger partial charge in [0.1, 0.15) is 0 Å². The predicted molar refractivity (Wildman–Crippen MR) is 74.2 cm³/mol. The molecule has 3 rings (SSSR count). The summed E-state index contributed by atoms with van der Waals surface area (Å²) in [5.41, 5.74) is 1.00. The van der Waals surface area contributed by atoms with Crippen LogP contribution in [0.15, 0.2) is 46.5 Å². The van der Waals surface area contributed by atoms with E-state index in [4.69, 9.17) is 0 Å². The molecule has 0 saturated heterocycles. The standard InChI is InChI=1S/C12H10N4O2.ClH/c1-15-10-6-8(16-5-4-13-7-16)2-3-9(10)14-11(17)12(15)18;/h2-7H,1H3,(H,14,17);1H. The summed E-state index contributed by atoms with van der Waals surface area (Å²) in [5, 5.41) is 0. The Morgan fingerprint density at radius 1 is 1.26 bits per heavy atom. The van der Waals surface area contributed by atoms with Crippen molar-refractivity contribution in [1.82, 2.24) is 19.1 Å². The molecule has 0 fully saturated rings. The van der Waals surface area contributed by atoms with Gasteiger partial charge >= 0.3 is 11.1 Å². The van der Waals surface area contributed by atoms with Gasteiger partial charge in [0.2, 0.25) is 0 Å². The van der Waals surface area contributed by atoms with Gasteiger partial charge in [-0.05, 0) is 18.2 Å². The highest BCUT2D eigenvalue weighted by atomic mass is 35.5. The molecule has 0 aliphatic heterocycles. The second kappa shape index (κ2) is 4.74. The van der Waals surface area contributed by atoms with Gasteiger partial charge in [-0.3, -0.25) is 9.59 Å². The molecule has 0 amide bonds. The Kier molecular flexibility index (Phi) is 3.26. The van der Waals surface area contributed by atoms with Gasteiger partial charge in [-0.1, -0.05) is 0 Å². The van der Waals surface area contributed by atoms with E-state index in [9.17, 15) is 9.59 Å². The van der Waals surface area contributed by atoms with Crippen molar-refractivity contribution < 1.29 is 0 Å². The van der Waals surface area contributed by atoms with Crippen LogP contribution in [-0.4, -0.2) is 19.1 Å². The lowest BCUT2D eigenvalue weighted by molar-refractivity contribution is 0.872. The lowest BCUT2D eigenvalue weighted by atomic mass is 10.2. The van der Waals surface area contributed by atoms with Crippen LogP contribution in [0, 0.1) is 0 Å². The molecule has 0 bridgehead atoms. The number of hydrogen-bond donors (Lipinski definition) is 1. The van der Waals surface area contributed by atoms with E-state index in [1.807, 2.05) is 22.9 Å². The quantitative estimate of drug-likeness (QED) is 0.670. The first-order valence-electron chi connectivity index (χ1n) is 5.38. The Balaban J connectivity index is 0.00000133. The largest absolute Gasteiger partial charge is 0.316 e. The van der Waals surface area contributed by atoms with E-state index in [1.54, 1.807) is 25.6 Å². The minimum atomic E-state index is -0.611. The molecular weight excluding hydrogens is 268 g/mol. The van der Waals surface area contributed by atoms with E-state index in [0.717, 1.165) is 5.69 Å². The molecule has 0 aliphatic rings. The number of imidazole rings is 1. The van der Waals surface area contributed by atoms with E-state index in [2.05, 4.69) is 9.97 Å². The summed E-state index contributed by atoms with van der Waals surface area (Å²) in [6.45, 7) is 0. The zero-order valence-electron chi connectivity index (χ0n) is 10.0. The summed E-state index contributed by atoms with van der Waals surface area (Å²) < 4.78 is 3.17. The second-order valence-electron chi connectivity index (χ2n) is 3.99. The van der Waals surface area contributed by atoms with E-state index < -0.39 is 11.1 Å². The van der Waals surface area contributed by atoms with Crippen molar-refractivity contribution >= 4 is 23.4 Å². The monoisotopic (exact) mass is 278 g/mol. The van der Waals surface area contributed by atoms with Gasteiger partial charge in [0.15, 0.2) is 0 Å². The highest BCUT2D eigenvalue weighted by molar-refractivity contribution is 5.85. The Hall–Kier alpha value is -2.34. The second-order valence-corrected chi connectivity index (χ2v) is 3.99. The maximum Gasteiger partial charge on any atom is 0.316 e. The van der Waals surface area contributed by atoms with Crippen LogP contribution in [0.5, 0.6) is 0 Å². The number of H-pyrrole nitrogens is 1. The predicted octanol–water partition coefficient (Wildman–Crippen LogP) is 0.834. The summed E-state index contributed by atoms with van der Waals surface area (Å²) in [4.78, 5) is 29.5. The van der Waals surface area contributed by atoms with E-state index >= 15 is 0 Å². The molecular formula is C12H11ClN4O2. The Bertz CT molecular complexity index is 833. The minimum absolute atomic E-state index is 0. The molecule has 1 aromatic carbocycles. The van der Waals surface area contributed by atoms with Crippen molar-refractivity contribution in [2.45, 2.75) is 0 Å². The summed E-state index contributed by atoms with van der Waals surface area (Å²) in [6, 6.07) is 5.45. The molecule has 0 unspecified atom stereocenters. The summed E-state index contributed by atoms with van der Waals surface area (Å²) in [7, 11) is 1.58. The van der Waals surface area contributed by atoms with Gasteiger partial charge in [-0.15, -0.1) is 12.4 Å². The number of benzene rings is 1. The smallest absolute Gasteiger partial charge is 0.316 e. The van der Waals surface area contributed by atoms with Crippen LogP contribution in [0.1, 0.15) is 0 Å². The lowest BCUT2D eigenvalue weighted by Crippen LogP contribution is -2.34. The van der Waals surface area contributed by atoms with Crippen molar-refractivity contribution in [3.05, 3.63) is 57.6 Å². The third kappa shape index (κ3) is 2.06. The van der Waals surface area contributed by atoms with Crippen molar-refractivity contribution in [3.63, 3.8) is 0 Å². The van der Waals surface area contributed by atoms with Gasteiger partial charge in [-0.25, -0.2) is 4.98 Å². The number of halogens is 1. The molecule has 0 radical (unpaired) electrons. The van der Waals surface area contributed by atoms with Crippen molar-refractivity contribution in [1.29, 1.82) is 0 Å². The zero-order chi connectivity index (χ0) is 12.7. The number of hydrogen-bond acceptors (Lipinski definition) is 3. The third-order valence-corrected chi connectivity index (χ3v) is 2.89. The summed E-state index contributed by atoms with van der Waals surface area (Å²) >= 11 is 0. The molecule has 1 N–H and O–H groups in total. The third-order valence-electron chi connectivity index (χ3n) is 2.89. The first-order valence-corrected chi connectivity index (χ1v) is 5.38. The maximum atomic E-state index is 11.6. The molecule has 3 aromatic rings. The Morgan fingerprint density at radius 2 is 2.05 bits per heavy atom. The fraction of sp³-hybridized carbons (Fsp3) is 0.0833. The minimum Gasteiger partial charge on any atom is -0.316 e. The molecule has 0 atom stereocenters. The number of nitrogens with zero attached hydrogens (tertiary/aromatic N) is 3. The first kappa shape index (κ1) is 13.1. The van der Waals surface area contributed by atoms with Crippen molar-refractivity contribution in [2.24, 2.45) is 7.05 Å². The molecule has 2 heterocycles. The van der Waals surface area contributed by atoms with Crippen LogP contribution in [0.4, 0.5) is 0 Å². The van der Waals surface area contributed by atoms with Gasteiger partial charge < -0.3 is 14.1 Å². The van der Waals surface area contributed by atoms with Crippen molar-refractivity contribution in [3.8, 4) is 5.69 Å². The number of rotatable bonds is 1. The number of fused-ring (bicyclic) bond motifs is 1. The molecule has 7 heteroatoms. The number of aromatic nitrogens is 4. The average molecular weight is 279 g/mol. The highest BCUT2D eigenvalue weighted by Gasteiger charge is 2.05. The summed E-state index contributed by atoms with van der Waals surface area (Å²) in [6.07, 6.45) is 5.16. The molecule has 98 valence electrons. The number of aryl methyl sites for hydroxylation is 1. The van der Waals surface area contributed by atoms with Crippen LogP contribution < -0.4 is 11.1 Å². The van der Waals surface area contributed by atoms with E-state index in [0.29, 0.717) is 11.0 Å². The van der Waals surface area contributed by atoms with Crippen LogP contribution in [0.25, 0.3) is 16.7 Å². The van der Waals surface area contributed by atoms with Crippen LogP contribution >= 0.6 is 12.4 Å². The first-order chi connectivity index (χ1) is 8.66. The fourth-order valence-electron chi connectivity index (χ4n) is 1.91. The molecule has 6 nitrogen and oxygen atoms in total. The normalized spacial score (nSPS) is 10.4. The molecule has 0 aliphatic carbocycles. The summed E-state index contributed by atoms with van der Waals surface area (Å²) in [5.74, 6) is 0. The van der Waals surface area contributed by atoms with E-state index in [-0.39, 0.29) is 12.4 Å². The van der Waals surface area contributed by atoms with Gasteiger partial charge in [-0.2, -0.15) is 0 Å². The van der Waals surface area contributed by atoms with E-state index in [1.165, 1.54) is 4.57 Å². The SMILES string of the molecule is Cl.Cn1c(=O)c(=O)[nH]c2ccc(-n3ccnc3)cc21. The topological polar surface area (TPSA) is 72.7 Å². The number of nitrogens with one attached hydrogen (secondary N) is 1. The molecule has 0 spiro atoms. The fourth-order valence-corrected chi connectivity index (χ4v) is 1.91. The Labute approximate surface area is 113 Å². The molecule has 0 saturated carbocycles. The van der Waals surface area contributed by atoms with Crippen LogP contribution in [-0.2, 0) is 7.05 Å². The van der Waals surface area contributed by atoms with Gasteiger partial charge in [0, 0.05) is 25.1 Å². The Morgan fingerprint density at radius 3 is 2.74 bits per heavy atom. The van der Waals surface area contributed by atoms with Crippen LogP contribution in [0.2, 0.25) is 0 Å². The van der Waals surface area contributed by atoms with Gasteiger partial charge in [0.05, 0.1) is 17.4 Å². The maximum absolute atomic E-state index is 11.6.